The van der Waals surface area contributed by atoms with Crippen LogP contribution in [0.5, 0.6) is 0 Å². The van der Waals surface area contributed by atoms with Gasteiger partial charge in [-0.25, -0.2) is 0 Å². The molecule has 0 saturated carbocycles. The van der Waals surface area contributed by atoms with Gasteiger partial charge in [-0.3, -0.25) is 19.7 Å². The highest BCUT2D eigenvalue weighted by molar-refractivity contribution is 6.29. The molecule has 2 aromatic rings. The molecule has 104 valence electrons. The highest BCUT2D eigenvalue weighted by atomic mass is 16.6. The van der Waals surface area contributed by atoms with E-state index >= 15 is 0 Å². The Balaban J connectivity index is 2.38. The maximum absolute atomic E-state index is 12.6. The van der Waals surface area contributed by atoms with Gasteiger partial charge in [0.05, 0.1) is 4.92 Å². The first-order valence-corrected chi connectivity index (χ1v) is 6.40. The van der Waals surface area contributed by atoms with Crippen LogP contribution in [0.3, 0.4) is 0 Å². The molecule has 5 heteroatoms. The minimum atomic E-state index is -0.527. The van der Waals surface area contributed by atoms with Gasteiger partial charge in [-0.1, -0.05) is 24.3 Å². The fraction of sp³-hybridized carbons (Fsp3) is 0.125. The zero-order valence-electron chi connectivity index (χ0n) is 11.5. The van der Waals surface area contributed by atoms with Crippen LogP contribution in [0.4, 0.5) is 5.69 Å². The summed E-state index contributed by atoms with van der Waals surface area (Å²) in [5.74, 6) is -0.595. The zero-order chi connectivity index (χ0) is 15.3. The highest BCUT2D eigenvalue weighted by Gasteiger charge is 2.33. The van der Waals surface area contributed by atoms with E-state index in [0.717, 1.165) is 0 Å². The van der Waals surface area contributed by atoms with E-state index in [9.17, 15) is 19.7 Å². The third-order valence-corrected chi connectivity index (χ3v) is 3.96. The first-order chi connectivity index (χ1) is 9.93. The van der Waals surface area contributed by atoms with E-state index in [-0.39, 0.29) is 28.4 Å². The van der Waals surface area contributed by atoms with Crippen molar-refractivity contribution in [2.45, 2.75) is 13.8 Å². The molecule has 3 rings (SSSR count). The Hall–Kier alpha value is -2.82. The van der Waals surface area contributed by atoms with Gasteiger partial charge in [-0.15, -0.1) is 0 Å². The number of nitrogens with zero attached hydrogens (tertiary/aromatic N) is 1. The Morgan fingerprint density at radius 3 is 2.05 bits per heavy atom. The average molecular weight is 281 g/mol. The highest BCUT2D eigenvalue weighted by Crippen LogP contribution is 2.34. The fourth-order valence-corrected chi connectivity index (χ4v) is 2.72. The smallest absolute Gasteiger partial charge is 0.273 e. The van der Waals surface area contributed by atoms with Crippen molar-refractivity contribution in [3.05, 3.63) is 73.8 Å². The standard InChI is InChI=1S/C16H11NO4/c1-8-9(2)14-12(7-13(8)17(20)21)15(18)10-5-3-4-6-11(10)16(14)19/h3-7H,1-2H3. The second-order valence-corrected chi connectivity index (χ2v) is 5.03. The van der Waals surface area contributed by atoms with Crippen LogP contribution < -0.4 is 0 Å². The van der Waals surface area contributed by atoms with Crippen LogP contribution in [0.2, 0.25) is 0 Å². The van der Waals surface area contributed by atoms with Gasteiger partial charge in [0.2, 0.25) is 0 Å². The van der Waals surface area contributed by atoms with Crippen LogP contribution in [0.15, 0.2) is 30.3 Å². The number of ketones is 2. The number of hydrogen-bond donors (Lipinski definition) is 0. The lowest BCUT2D eigenvalue weighted by Crippen LogP contribution is -2.22. The van der Waals surface area contributed by atoms with E-state index in [2.05, 4.69) is 0 Å². The molecular formula is C16H11NO4. The predicted molar refractivity (Wildman–Crippen MR) is 75.9 cm³/mol. The van der Waals surface area contributed by atoms with Crippen LogP contribution in [0.25, 0.3) is 0 Å². The van der Waals surface area contributed by atoms with Crippen LogP contribution in [0, 0.1) is 24.0 Å². The van der Waals surface area contributed by atoms with E-state index < -0.39 is 4.92 Å². The maximum atomic E-state index is 12.6. The molecule has 0 amide bonds. The lowest BCUT2D eigenvalue weighted by molar-refractivity contribution is -0.385. The Bertz CT molecular complexity index is 836. The van der Waals surface area contributed by atoms with Crippen LogP contribution >= 0.6 is 0 Å². The summed E-state index contributed by atoms with van der Waals surface area (Å²) in [5, 5.41) is 11.1. The molecule has 0 radical (unpaired) electrons. The number of fused-ring (bicyclic) bond motifs is 2. The zero-order valence-corrected chi connectivity index (χ0v) is 11.5. The van der Waals surface area contributed by atoms with Crippen molar-refractivity contribution in [1.29, 1.82) is 0 Å². The van der Waals surface area contributed by atoms with Crippen LogP contribution in [-0.4, -0.2) is 16.5 Å². The van der Waals surface area contributed by atoms with Crippen molar-refractivity contribution < 1.29 is 14.5 Å². The van der Waals surface area contributed by atoms with Crippen molar-refractivity contribution >= 4 is 17.3 Å². The van der Waals surface area contributed by atoms with E-state index in [1.807, 2.05) is 0 Å². The van der Waals surface area contributed by atoms with E-state index in [4.69, 9.17) is 0 Å². The molecule has 0 heterocycles. The third kappa shape index (κ3) is 1.71. The summed E-state index contributed by atoms with van der Waals surface area (Å²) in [7, 11) is 0. The number of rotatable bonds is 1. The van der Waals surface area contributed by atoms with Crippen molar-refractivity contribution in [2.24, 2.45) is 0 Å². The SMILES string of the molecule is Cc1c([N+](=O)[O-])cc2c(c1C)C(=O)c1ccccc1C2=O. The number of carbonyl (C=O) groups is 2. The summed E-state index contributed by atoms with van der Waals surface area (Å²) >= 11 is 0. The molecule has 0 fully saturated rings. The Morgan fingerprint density at radius 1 is 0.905 bits per heavy atom. The molecular weight excluding hydrogens is 270 g/mol. The molecule has 0 unspecified atom stereocenters. The molecule has 5 nitrogen and oxygen atoms in total. The Morgan fingerprint density at radius 2 is 1.48 bits per heavy atom. The van der Waals surface area contributed by atoms with E-state index in [1.165, 1.54) is 6.07 Å². The number of nitro benzene ring substituents is 1. The summed E-state index contributed by atoms with van der Waals surface area (Å²) in [6.45, 7) is 3.23. The van der Waals surface area contributed by atoms with Crippen LogP contribution in [-0.2, 0) is 0 Å². The minimum Gasteiger partial charge on any atom is -0.289 e. The topological polar surface area (TPSA) is 77.3 Å². The third-order valence-electron chi connectivity index (χ3n) is 3.96. The molecule has 2 aromatic carbocycles. The molecule has 1 aliphatic rings. The quantitative estimate of drug-likeness (QED) is 0.507. The maximum Gasteiger partial charge on any atom is 0.273 e. The molecule has 0 aromatic heterocycles. The van der Waals surface area contributed by atoms with Gasteiger partial charge >= 0.3 is 0 Å². The molecule has 0 spiro atoms. The molecule has 0 atom stereocenters. The number of carbonyl (C=O) groups excluding carboxylic acids is 2. The number of benzene rings is 2. The summed E-state index contributed by atoms with van der Waals surface area (Å²) < 4.78 is 0. The monoisotopic (exact) mass is 281 g/mol. The van der Waals surface area contributed by atoms with E-state index in [0.29, 0.717) is 22.3 Å². The van der Waals surface area contributed by atoms with Crippen molar-refractivity contribution in [2.75, 3.05) is 0 Å². The summed E-state index contributed by atoms with van der Waals surface area (Å²) in [6.07, 6.45) is 0. The Kier molecular flexibility index (Phi) is 2.73. The summed E-state index contributed by atoms with van der Waals surface area (Å²) in [5.41, 5.74) is 1.83. The normalized spacial score (nSPS) is 12.9. The first-order valence-electron chi connectivity index (χ1n) is 6.40. The van der Waals surface area contributed by atoms with Gasteiger partial charge < -0.3 is 0 Å². The van der Waals surface area contributed by atoms with Gasteiger partial charge in [0, 0.05) is 33.9 Å². The van der Waals surface area contributed by atoms with Crippen molar-refractivity contribution in [3.63, 3.8) is 0 Å². The van der Waals surface area contributed by atoms with Gasteiger partial charge in [0.25, 0.3) is 5.69 Å². The fourth-order valence-electron chi connectivity index (χ4n) is 2.72. The lowest BCUT2D eigenvalue weighted by atomic mass is 9.80. The van der Waals surface area contributed by atoms with Crippen molar-refractivity contribution in [3.8, 4) is 0 Å². The Labute approximate surface area is 120 Å². The predicted octanol–water partition coefficient (Wildman–Crippen LogP) is 2.99. The largest absolute Gasteiger partial charge is 0.289 e. The van der Waals surface area contributed by atoms with Gasteiger partial charge in [0.15, 0.2) is 11.6 Å². The summed E-state index contributed by atoms with van der Waals surface area (Å²) in [4.78, 5) is 35.7. The number of nitro groups is 1. The minimum absolute atomic E-state index is 0.119. The molecule has 0 saturated heterocycles. The van der Waals surface area contributed by atoms with Gasteiger partial charge in [-0.05, 0) is 19.4 Å². The van der Waals surface area contributed by atoms with Crippen molar-refractivity contribution in [1.82, 2.24) is 0 Å². The molecule has 0 aliphatic heterocycles. The van der Waals surface area contributed by atoms with Gasteiger partial charge in [0.1, 0.15) is 0 Å². The van der Waals surface area contributed by atoms with Gasteiger partial charge in [-0.2, -0.15) is 0 Å². The summed E-state index contributed by atoms with van der Waals surface area (Å²) in [6, 6.07) is 7.76. The lowest BCUT2D eigenvalue weighted by Gasteiger charge is -2.20. The molecule has 21 heavy (non-hydrogen) atoms. The van der Waals surface area contributed by atoms with Crippen LogP contribution in [0.1, 0.15) is 43.0 Å². The second kappa shape index (κ2) is 4.34. The van der Waals surface area contributed by atoms with E-state index in [1.54, 1.807) is 38.1 Å². The second-order valence-electron chi connectivity index (χ2n) is 5.03. The average Bonchev–Trinajstić information content (AvgIpc) is 2.47. The number of hydrogen-bond acceptors (Lipinski definition) is 4. The molecule has 0 N–H and O–H groups in total. The molecule has 0 bridgehead atoms. The molecule has 1 aliphatic carbocycles. The first kappa shape index (κ1) is 13.2.